The van der Waals surface area contributed by atoms with Gasteiger partial charge < -0.3 is 10.2 Å². The summed E-state index contributed by atoms with van der Waals surface area (Å²) in [5, 5.41) is 20.4. The zero-order chi connectivity index (χ0) is 15.7. The zero-order valence-corrected chi connectivity index (χ0v) is 13.7. The molecule has 1 aromatic carbocycles. The number of rotatable bonds is 3. The Morgan fingerprint density at radius 3 is 2.86 bits per heavy atom. The second-order valence-corrected chi connectivity index (χ2v) is 7.55. The molecule has 0 heterocycles. The van der Waals surface area contributed by atoms with Crippen LogP contribution in [-0.2, 0) is 6.42 Å². The molecule has 2 nitrogen and oxygen atoms in total. The second kappa shape index (κ2) is 6.08. The first kappa shape index (κ1) is 15.6. The average molecular weight is 300 g/mol. The number of hydrogen-bond donors (Lipinski definition) is 2. The van der Waals surface area contributed by atoms with E-state index in [4.69, 9.17) is 0 Å². The maximum absolute atomic E-state index is 10.5. The summed E-state index contributed by atoms with van der Waals surface area (Å²) in [5.41, 5.74) is 1.26. The number of hydrogen-bond acceptors (Lipinski definition) is 2. The van der Waals surface area contributed by atoms with Crippen molar-refractivity contribution in [2.45, 2.75) is 52.1 Å². The summed E-state index contributed by atoms with van der Waals surface area (Å²) in [6.45, 7) is 4.73. The van der Waals surface area contributed by atoms with Gasteiger partial charge >= 0.3 is 0 Å². The lowest BCUT2D eigenvalue weighted by Crippen LogP contribution is -2.41. The van der Waals surface area contributed by atoms with Gasteiger partial charge in [-0.05, 0) is 60.5 Å². The Morgan fingerprint density at radius 1 is 1.32 bits per heavy atom. The number of aliphatic hydroxyl groups is 1. The predicted molar refractivity (Wildman–Crippen MR) is 89.7 cm³/mol. The van der Waals surface area contributed by atoms with Crippen LogP contribution < -0.4 is 0 Å². The lowest BCUT2D eigenvalue weighted by atomic mass is 9.63. The summed E-state index contributed by atoms with van der Waals surface area (Å²) in [4.78, 5) is 0. The topological polar surface area (TPSA) is 40.5 Å². The van der Waals surface area contributed by atoms with Crippen molar-refractivity contribution in [1.82, 2.24) is 0 Å². The Kier molecular flexibility index (Phi) is 4.31. The Hall–Kier alpha value is -1.28. The number of aromatic hydroxyl groups is 1. The molecule has 0 spiro atoms. The summed E-state index contributed by atoms with van der Waals surface area (Å²) < 4.78 is 0. The van der Waals surface area contributed by atoms with Gasteiger partial charge in [-0.25, -0.2) is 0 Å². The first-order valence-corrected chi connectivity index (χ1v) is 8.64. The maximum atomic E-state index is 10.5. The number of benzene rings is 1. The van der Waals surface area contributed by atoms with Gasteiger partial charge in [-0.1, -0.05) is 50.6 Å². The monoisotopic (exact) mass is 300 g/mol. The highest BCUT2D eigenvalue weighted by Gasteiger charge is 2.53. The second-order valence-electron chi connectivity index (χ2n) is 7.55. The summed E-state index contributed by atoms with van der Waals surface area (Å²) in [5.74, 6) is 1.92. The van der Waals surface area contributed by atoms with Crippen LogP contribution in [0.3, 0.4) is 0 Å². The SMILES string of the molecule is C[C@@H]1CC(C=CCc2ccccc2O)C2C(O)CCCC21C. The maximum Gasteiger partial charge on any atom is 0.119 e. The minimum atomic E-state index is -0.150. The van der Waals surface area contributed by atoms with Crippen molar-refractivity contribution < 1.29 is 10.2 Å². The largest absolute Gasteiger partial charge is 0.508 e. The number of para-hydroxylation sites is 1. The van der Waals surface area contributed by atoms with Crippen LogP contribution in [0.15, 0.2) is 36.4 Å². The van der Waals surface area contributed by atoms with Crippen molar-refractivity contribution in [3.63, 3.8) is 0 Å². The fourth-order valence-electron chi connectivity index (χ4n) is 4.90. The van der Waals surface area contributed by atoms with Crippen molar-refractivity contribution in [2.75, 3.05) is 0 Å². The van der Waals surface area contributed by atoms with Gasteiger partial charge in [0.15, 0.2) is 0 Å². The molecule has 4 unspecified atom stereocenters. The number of allylic oxidation sites excluding steroid dienone is 2. The Morgan fingerprint density at radius 2 is 2.09 bits per heavy atom. The molecule has 2 aliphatic carbocycles. The molecule has 120 valence electrons. The van der Waals surface area contributed by atoms with Crippen LogP contribution in [0.5, 0.6) is 5.75 Å². The highest BCUT2D eigenvalue weighted by atomic mass is 16.3. The molecule has 2 fully saturated rings. The molecule has 0 saturated heterocycles. The minimum Gasteiger partial charge on any atom is -0.508 e. The standard InChI is InChI=1S/C20H28O2/c1-14-13-16(19-18(22)11-6-12-20(14,19)2)9-5-8-15-7-3-4-10-17(15)21/h3-5,7,9-10,14,16,18-19,21-22H,6,8,11-13H2,1-2H3/t14-,16?,18?,19?,20?/m1/s1. The molecular weight excluding hydrogens is 272 g/mol. The van der Waals surface area contributed by atoms with Crippen molar-refractivity contribution in [1.29, 1.82) is 0 Å². The van der Waals surface area contributed by atoms with Gasteiger partial charge in [0.2, 0.25) is 0 Å². The quantitative estimate of drug-likeness (QED) is 0.816. The van der Waals surface area contributed by atoms with Crippen LogP contribution in [0.1, 0.15) is 45.1 Å². The smallest absolute Gasteiger partial charge is 0.119 e. The third kappa shape index (κ3) is 2.69. The van der Waals surface area contributed by atoms with Crippen LogP contribution in [0.4, 0.5) is 0 Å². The molecule has 0 aromatic heterocycles. The van der Waals surface area contributed by atoms with E-state index < -0.39 is 0 Å². The lowest BCUT2D eigenvalue weighted by molar-refractivity contribution is -0.0238. The van der Waals surface area contributed by atoms with Crippen LogP contribution in [0.25, 0.3) is 0 Å². The van der Waals surface area contributed by atoms with E-state index in [2.05, 4.69) is 26.0 Å². The van der Waals surface area contributed by atoms with E-state index in [1.165, 1.54) is 12.8 Å². The fourth-order valence-corrected chi connectivity index (χ4v) is 4.90. The van der Waals surface area contributed by atoms with Gasteiger partial charge in [0.05, 0.1) is 6.10 Å². The first-order chi connectivity index (χ1) is 10.5. The average Bonchev–Trinajstić information content (AvgIpc) is 2.74. The van der Waals surface area contributed by atoms with E-state index >= 15 is 0 Å². The molecule has 0 aliphatic heterocycles. The minimum absolute atomic E-state index is 0.150. The molecule has 0 bridgehead atoms. The fraction of sp³-hybridized carbons (Fsp3) is 0.600. The van der Waals surface area contributed by atoms with E-state index in [0.29, 0.717) is 28.9 Å². The number of phenolic OH excluding ortho intramolecular Hbond substituents is 1. The highest BCUT2D eigenvalue weighted by molar-refractivity contribution is 5.33. The number of fused-ring (bicyclic) bond motifs is 1. The molecule has 22 heavy (non-hydrogen) atoms. The summed E-state index contributed by atoms with van der Waals surface area (Å²) in [6.07, 6.45) is 9.63. The van der Waals surface area contributed by atoms with Gasteiger partial charge in [-0.3, -0.25) is 0 Å². The normalized spacial score (nSPS) is 38.3. The lowest BCUT2D eigenvalue weighted by Gasteiger charge is -2.43. The molecule has 2 saturated carbocycles. The summed E-state index contributed by atoms with van der Waals surface area (Å²) in [6, 6.07) is 7.52. The Balaban J connectivity index is 1.72. The van der Waals surface area contributed by atoms with E-state index in [-0.39, 0.29) is 6.10 Å². The number of phenols is 1. The van der Waals surface area contributed by atoms with Crippen molar-refractivity contribution >= 4 is 0 Å². The van der Waals surface area contributed by atoms with Gasteiger partial charge in [0, 0.05) is 0 Å². The molecule has 2 N–H and O–H groups in total. The predicted octanol–water partition coefficient (Wildman–Crippen LogP) is 4.31. The summed E-state index contributed by atoms with van der Waals surface area (Å²) >= 11 is 0. The van der Waals surface area contributed by atoms with Gasteiger partial charge in [-0.2, -0.15) is 0 Å². The van der Waals surface area contributed by atoms with Crippen LogP contribution in [0, 0.1) is 23.2 Å². The van der Waals surface area contributed by atoms with Gasteiger partial charge in [0.25, 0.3) is 0 Å². The molecule has 2 aliphatic rings. The van der Waals surface area contributed by atoms with Crippen molar-refractivity contribution in [2.24, 2.45) is 23.2 Å². The molecule has 0 amide bonds. The highest BCUT2D eigenvalue weighted by Crippen LogP contribution is 2.58. The van der Waals surface area contributed by atoms with Crippen LogP contribution >= 0.6 is 0 Å². The van der Waals surface area contributed by atoms with E-state index in [0.717, 1.165) is 24.8 Å². The molecule has 1 aromatic rings. The third-order valence-corrected chi connectivity index (χ3v) is 6.32. The van der Waals surface area contributed by atoms with E-state index in [1.54, 1.807) is 6.07 Å². The third-order valence-electron chi connectivity index (χ3n) is 6.32. The van der Waals surface area contributed by atoms with Gasteiger partial charge in [0.1, 0.15) is 5.75 Å². The Labute approximate surface area is 133 Å². The Bertz CT molecular complexity index is 550. The molecule has 3 rings (SSSR count). The van der Waals surface area contributed by atoms with Crippen molar-refractivity contribution in [3.05, 3.63) is 42.0 Å². The molecule has 0 radical (unpaired) electrons. The van der Waals surface area contributed by atoms with Crippen LogP contribution in [-0.4, -0.2) is 16.3 Å². The van der Waals surface area contributed by atoms with Crippen LogP contribution in [0.2, 0.25) is 0 Å². The molecule has 2 heteroatoms. The first-order valence-electron chi connectivity index (χ1n) is 8.64. The zero-order valence-electron chi connectivity index (χ0n) is 13.7. The van der Waals surface area contributed by atoms with Gasteiger partial charge in [-0.15, -0.1) is 0 Å². The van der Waals surface area contributed by atoms with E-state index in [1.807, 2.05) is 18.2 Å². The molecule has 5 atom stereocenters. The van der Waals surface area contributed by atoms with E-state index in [9.17, 15) is 10.2 Å². The molecular formula is C20H28O2. The van der Waals surface area contributed by atoms with Crippen molar-refractivity contribution in [3.8, 4) is 5.75 Å². The number of aliphatic hydroxyl groups excluding tert-OH is 1. The summed E-state index contributed by atoms with van der Waals surface area (Å²) in [7, 11) is 0.